The molecule has 0 saturated carbocycles. The number of rotatable bonds is 3. The molecule has 3 heterocycles. The lowest BCUT2D eigenvalue weighted by molar-refractivity contribution is 0.0654. The van der Waals surface area contributed by atoms with Gasteiger partial charge in [0.2, 0.25) is 0 Å². The molecular formula is C19H22N4OS. The second-order valence-electron chi connectivity index (χ2n) is 6.76. The largest absolute Gasteiger partial charge is 0.353 e. The van der Waals surface area contributed by atoms with Crippen molar-refractivity contribution in [3.05, 3.63) is 41.4 Å². The summed E-state index contributed by atoms with van der Waals surface area (Å²) in [6, 6.07) is 10.5. The van der Waals surface area contributed by atoms with E-state index in [1.807, 2.05) is 35.5 Å². The predicted molar refractivity (Wildman–Crippen MR) is 102 cm³/mol. The standard InChI is InChI=1S/C19H22N4OS/c1-22-9-7-14(8-10-22)23(2)19(24)17-12-25-18(21-17)16-11-13-5-3-4-6-15(13)20-16/h3-6,11-12,14,20H,7-10H2,1-2H3. The van der Waals surface area contributed by atoms with E-state index in [-0.39, 0.29) is 5.91 Å². The Labute approximate surface area is 151 Å². The van der Waals surface area contributed by atoms with Crippen LogP contribution in [0, 0.1) is 0 Å². The number of carbonyl (C=O) groups excluding carboxylic acids is 1. The van der Waals surface area contributed by atoms with Crippen molar-refractivity contribution in [1.29, 1.82) is 0 Å². The second-order valence-corrected chi connectivity index (χ2v) is 7.62. The molecule has 5 nitrogen and oxygen atoms in total. The number of piperidine rings is 1. The summed E-state index contributed by atoms with van der Waals surface area (Å²) in [6.45, 7) is 2.08. The maximum Gasteiger partial charge on any atom is 0.273 e. The number of aromatic amines is 1. The fourth-order valence-electron chi connectivity index (χ4n) is 3.41. The number of H-pyrrole nitrogens is 1. The number of hydrogen-bond donors (Lipinski definition) is 1. The Morgan fingerprint density at radius 3 is 2.84 bits per heavy atom. The molecule has 3 aromatic rings. The van der Waals surface area contributed by atoms with E-state index in [0.29, 0.717) is 11.7 Å². The first-order valence-electron chi connectivity index (χ1n) is 8.61. The van der Waals surface area contributed by atoms with E-state index in [9.17, 15) is 4.79 Å². The number of thiazole rings is 1. The highest BCUT2D eigenvalue weighted by Gasteiger charge is 2.26. The number of nitrogens with one attached hydrogen (secondary N) is 1. The van der Waals surface area contributed by atoms with Gasteiger partial charge in [-0.05, 0) is 45.1 Å². The van der Waals surface area contributed by atoms with Crippen molar-refractivity contribution < 1.29 is 4.79 Å². The highest BCUT2D eigenvalue weighted by Crippen LogP contribution is 2.27. The van der Waals surface area contributed by atoms with E-state index in [2.05, 4.69) is 34.0 Å². The summed E-state index contributed by atoms with van der Waals surface area (Å²) < 4.78 is 0. The van der Waals surface area contributed by atoms with Crippen LogP contribution < -0.4 is 0 Å². The van der Waals surface area contributed by atoms with E-state index >= 15 is 0 Å². The Hall–Kier alpha value is -2.18. The van der Waals surface area contributed by atoms with Gasteiger partial charge in [0.1, 0.15) is 10.7 Å². The zero-order chi connectivity index (χ0) is 17.4. The maximum atomic E-state index is 12.8. The molecule has 6 heteroatoms. The molecule has 1 saturated heterocycles. The third-order valence-electron chi connectivity index (χ3n) is 5.04. The van der Waals surface area contributed by atoms with Gasteiger partial charge in [-0.2, -0.15) is 0 Å². The molecule has 25 heavy (non-hydrogen) atoms. The van der Waals surface area contributed by atoms with Gasteiger partial charge < -0.3 is 14.8 Å². The molecule has 0 radical (unpaired) electrons. The van der Waals surface area contributed by atoms with E-state index in [4.69, 9.17) is 0 Å². The zero-order valence-electron chi connectivity index (χ0n) is 14.5. The number of nitrogens with zero attached hydrogens (tertiary/aromatic N) is 3. The van der Waals surface area contributed by atoms with Crippen molar-refractivity contribution >= 4 is 28.1 Å². The van der Waals surface area contributed by atoms with E-state index < -0.39 is 0 Å². The molecule has 1 fully saturated rings. The van der Waals surface area contributed by atoms with Gasteiger partial charge >= 0.3 is 0 Å². The van der Waals surface area contributed by atoms with Crippen LogP contribution in [0.25, 0.3) is 21.6 Å². The molecule has 0 bridgehead atoms. The number of hydrogen-bond acceptors (Lipinski definition) is 4. The van der Waals surface area contributed by atoms with Gasteiger partial charge in [-0.3, -0.25) is 4.79 Å². The third-order valence-corrected chi connectivity index (χ3v) is 5.92. The number of fused-ring (bicyclic) bond motifs is 1. The Morgan fingerprint density at radius 1 is 1.32 bits per heavy atom. The minimum absolute atomic E-state index is 0.0214. The molecular weight excluding hydrogens is 332 g/mol. The summed E-state index contributed by atoms with van der Waals surface area (Å²) in [5, 5.41) is 3.88. The van der Waals surface area contributed by atoms with Crippen molar-refractivity contribution in [2.24, 2.45) is 0 Å². The minimum Gasteiger partial charge on any atom is -0.353 e. The van der Waals surface area contributed by atoms with Gasteiger partial charge in [0.05, 0.1) is 5.69 Å². The van der Waals surface area contributed by atoms with Gasteiger partial charge in [0, 0.05) is 29.4 Å². The normalized spacial score (nSPS) is 16.4. The number of amides is 1. The lowest BCUT2D eigenvalue weighted by Gasteiger charge is -2.34. The molecule has 4 rings (SSSR count). The molecule has 1 aliphatic heterocycles. The monoisotopic (exact) mass is 354 g/mol. The van der Waals surface area contributed by atoms with Crippen molar-refractivity contribution in [3.63, 3.8) is 0 Å². The molecule has 0 atom stereocenters. The van der Waals surface area contributed by atoms with Crippen LogP contribution in [0.15, 0.2) is 35.7 Å². The number of likely N-dealkylation sites (tertiary alicyclic amines) is 1. The van der Waals surface area contributed by atoms with E-state index in [1.54, 1.807) is 0 Å². The van der Waals surface area contributed by atoms with Crippen molar-refractivity contribution in [2.45, 2.75) is 18.9 Å². The smallest absolute Gasteiger partial charge is 0.273 e. The summed E-state index contributed by atoms with van der Waals surface area (Å²) >= 11 is 1.51. The summed E-state index contributed by atoms with van der Waals surface area (Å²) in [5.74, 6) is 0.0214. The number of aromatic nitrogens is 2. The number of carbonyl (C=O) groups is 1. The fourth-order valence-corrected chi connectivity index (χ4v) is 4.18. The first kappa shape index (κ1) is 16.3. The third kappa shape index (κ3) is 3.19. The second kappa shape index (κ2) is 6.61. The average Bonchev–Trinajstić information content (AvgIpc) is 3.27. The molecule has 2 aromatic heterocycles. The van der Waals surface area contributed by atoms with Gasteiger partial charge in [-0.1, -0.05) is 18.2 Å². The molecule has 0 spiro atoms. The van der Waals surface area contributed by atoms with Crippen molar-refractivity contribution in [2.75, 3.05) is 27.2 Å². The SMILES string of the molecule is CN1CCC(N(C)C(=O)c2csc(-c3cc4ccccc4[nH]3)n2)CC1. The lowest BCUT2D eigenvalue weighted by atomic mass is 10.0. The van der Waals surface area contributed by atoms with Crippen LogP contribution in [0.3, 0.4) is 0 Å². The first-order valence-corrected chi connectivity index (χ1v) is 9.49. The molecule has 0 aliphatic carbocycles. The molecule has 0 unspecified atom stereocenters. The highest BCUT2D eigenvalue weighted by molar-refractivity contribution is 7.13. The molecule has 1 N–H and O–H groups in total. The topological polar surface area (TPSA) is 52.2 Å². The van der Waals surface area contributed by atoms with Gasteiger partial charge in [0.25, 0.3) is 5.91 Å². The van der Waals surface area contributed by atoms with Crippen molar-refractivity contribution in [3.8, 4) is 10.7 Å². The number of para-hydroxylation sites is 1. The van der Waals surface area contributed by atoms with E-state index in [0.717, 1.165) is 47.5 Å². The summed E-state index contributed by atoms with van der Waals surface area (Å²) in [4.78, 5) is 24.9. The minimum atomic E-state index is 0.0214. The van der Waals surface area contributed by atoms with Gasteiger partial charge in [-0.15, -0.1) is 11.3 Å². The van der Waals surface area contributed by atoms with Crippen LogP contribution in [-0.4, -0.2) is 58.9 Å². The zero-order valence-corrected chi connectivity index (χ0v) is 15.3. The van der Waals surface area contributed by atoms with Crippen LogP contribution >= 0.6 is 11.3 Å². The quantitative estimate of drug-likeness (QED) is 0.784. The van der Waals surface area contributed by atoms with Crippen LogP contribution in [0.2, 0.25) is 0 Å². The van der Waals surface area contributed by atoms with Gasteiger partial charge in [-0.25, -0.2) is 4.98 Å². The average molecular weight is 354 g/mol. The fraction of sp³-hybridized carbons (Fsp3) is 0.368. The van der Waals surface area contributed by atoms with Crippen LogP contribution in [-0.2, 0) is 0 Å². The number of benzene rings is 1. The Kier molecular flexibility index (Phi) is 4.31. The van der Waals surface area contributed by atoms with E-state index in [1.165, 1.54) is 11.3 Å². The van der Waals surface area contributed by atoms with Crippen molar-refractivity contribution in [1.82, 2.24) is 19.8 Å². The Balaban J connectivity index is 1.53. The maximum absolute atomic E-state index is 12.8. The molecule has 130 valence electrons. The first-order chi connectivity index (χ1) is 12.1. The molecule has 1 aliphatic rings. The van der Waals surface area contributed by atoms with Crippen LogP contribution in [0.1, 0.15) is 23.3 Å². The summed E-state index contributed by atoms with van der Waals surface area (Å²) in [6.07, 6.45) is 2.05. The highest BCUT2D eigenvalue weighted by atomic mass is 32.1. The summed E-state index contributed by atoms with van der Waals surface area (Å²) in [5.41, 5.74) is 2.59. The lowest BCUT2D eigenvalue weighted by Crippen LogP contribution is -2.44. The molecule has 1 aromatic carbocycles. The Bertz CT molecular complexity index is 859. The predicted octanol–water partition coefficient (Wildman–Crippen LogP) is 3.46. The summed E-state index contributed by atoms with van der Waals surface area (Å²) in [7, 11) is 4.03. The molecule has 1 amide bonds. The van der Waals surface area contributed by atoms with Crippen LogP contribution in [0.4, 0.5) is 0 Å². The van der Waals surface area contributed by atoms with Gasteiger partial charge in [0.15, 0.2) is 0 Å². The Morgan fingerprint density at radius 2 is 2.08 bits per heavy atom. The van der Waals surface area contributed by atoms with Crippen LogP contribution in [0.5, 0.6) is 0 Å².